The first-order valence-electron chi connectivity index (χ1n) is 8.79. The molecule has 0 unspecified atom stereocenters. The molecule has 3 heterocycles. The van der Waals surface area contributed by atoms with Gasteiger partial charge in [0.15, 0.2) is 23.6 Å². The van der Waals surface area contributed by atoms with E-state index in [0.717, 1.165) is 34.5 Å². The summed E-state index contributed by atoms with van der Waals surface area (Å²) < 4.78 is 13.7. The van der Waals surface area contributed by atoms with Gasteiger partial charge in [-0.3, -0.25) is 9.88 Å². The molecule has 0 amide bonds. The minimum atomic E-state index is -0.285. The van der Waals surface area contributed by atoms with Crippen LogP contribution in [0.3, 0.4) is 0 Å². The van der Waals surface area contributed by atoms with Gasteiger partial charge in [-0.25, -0.2) is 9.98 Å². The SMILES string of the molecule is CSc1ccc([C@@H]2N=C(N)Nc3nc4cc5c(cc4n32)OCCCO5)cc1. The van der Waals surface area contributed by atoms with Gasteiger partial charge in [-0.2, -0.15) is 0 Å². The van der Waals surface area contributed by atoms with Crippen molar-refractivity contribution in [2.45, 2.75) is 17.5 Å². The Morgan fingerprint density at radius 1 is 1.15 bits per heavy atom. The zero-order valence-corrected chi connectivity index (χ0v) is 15.6. The monoisotopic (exact) mass is 381 g/mol. The summed E-state index contributed by atoms with van der Waals surface area (Å²) in [6.07, 6.45) is 2.64. The average molecular weight is 381 g/mol. The molecule has 8 heteroatoms. The summed E-state index contributed by atoms with van der Waals surface area (Å²) in [6, 6.07) is 12.3. The lowest BCUT2D eigenvalue weighted by Crippen LogP contribution is -2.31. The second-order valence-electron chi connectivity index (χ2n) is 6.43. The maximum atomic E-state index is 6.03. The van der Waals surface area contributed by atoms with Crippen LogP contribution in [0, 0.1) is 0 Å². The number of ether oxygens (including phenoxy) is 2. The standard InChI is InChI=1S/C19H19N5O2S/c1-27-12-5-3-11(4-6-12)17-22-18(20)23-19-21-13-9-15-16(10-14(13)24(17)19)26-8-2-7-25-15/h3-6,9-10,17H,2,7-8H2,1H3,(H3,20,21,22,23)/t17-/m1/s1. The van der Waals surface area contributed by atoms with Crippen molar-refractivity contribution in [3.8, 4) is 11.5 Å². The molecule has 0 aliphatic carbocycles. The Morgan fingerprint density at radius 2 is 1.89 bits per heavy atom. The molecule has 0 fully saturated rings. The molecule has 0 saturated heterocycles. The van der Waals surface area contributed by atoms with Crippen LogP contribution in [0.2, 0.25) is 0 Å². The second-order valence-corrected chi connectivity index (χ2v) is 7.31. The number of rotatable bonds is 2. The van der Waals surface area contributed by atoms with Gasteiger partial charge in [-0.05, 0) is 24.0 Å². The predicted molar refractivity (Wildman–Crippen MR) is 107 cm³/mol. The molecular weight excluding hydrogens is 362 g/mol. The molecule has 0 radical (unpaired) electrons. The topological polar surface area (TPSA) is 86.7 Å². The van der Waals surface area contributed by atoms with Crippen molar-refractivity contribution < 1.29 is 9.47 Å². The fraction of sp³-hybridized carbons (Fsp3) is 0.263. The third-order valence-electron chi connectivity index (χ3n) is 4.72. The number of thioether (sulfide) groups is 1. The Kier molecular flexibility index (Phi) is 3.86. The summed E-state index contributed by atoms with van der Waals surface area (Å²) in [5, 5.41) is 3.07. The number of aliphatic imine (C=N–C) groups is 1. The molecule has 1 aromatic heterocycles. The molecule has 3 aromatic rings. The van der Waals surface area contributed by atoms with E-state index in [2.05, 4.69) is 40.8 Å². The number of hydrogen-bond acceptors (Lipinski definition) is 7. The van der Waals surface area contributed by atoms with E-state index in [-0.39, 0.29) is 6.17 Å². The van der Waals surface area contributed by atoms with Crippen molar-refractivity contribution in [2.24, 2.45) is 10.7 Å². The third-order valence-corrected chi connectivity index (χ3v) is 5.46. The van der Waals surface area contributed by atoms with Crippen molar-refractivity contribution >= 4 is 34.7 Å². The van der Waals surface area contributed by atoms with Crippen LogP contribution in [-0.2, 0) is 0 Å². The molecule has 0 bridgehead atoms. The minimum absolute atomic E-state index is 0.285. The van der Waals surface area contributed by atoms with E-state index in [1.165, 1.54) is 4.90 Å². The fourth-order valence-electron chi connectivity index (χ4n) is 3.42. The predicted octanol–water partition coefficient (Wildman–Crippen LogP) is 3.21. The van der Waals surface area contributed by atoms with Crippen LogP contribution in [0.1, 0.15) is 18.2 Å². The summed E-state index contributed by atoms with van der Waals surface area (Å²) >= 11 is 1.71. The Balaban J connectivity index is 1.67. The minimum Gasteiger partial charge on any atom is -0.489 e. The van der Waals surface area contributed by atoms with Gasteiger partial charge in [-0.1, -0.05) is 12.1 Å². The molecule has 7 nitrogen and oxygen atoms in total. The number of imidazole rings is 1. The fourth-order valence-corrected chi connectivity index (χ4v) is 3.83. The second kappa shape index (κ2) is 6.38. The first kappa shape index (κ1) is 16.3. The normalized spacial score (nSPS) is 18.4. The molecule has 138 valence electrons. The summed E-state index contributed by atoms with van der Waals surface area (Å²) in [6.45, 7) is 1.28. The van der Waals surface area contributed by atoms with Crippen molar-refractivity contribution in [3.05, 3.63) is 42.0 Å². The smallest absolute Gasteiger partial charge is 0.212 e. The van der Waals surface area contributed by atoms with Crippen LogP contribution in [0.4, 0.5) is 5.95 Å². The third kappa shape index (κ3) is 2.76. The van der Waals surface area contributed by atoms with Crippen molar-refractivity contribution in [2.75, 3.05) is 24.8 Å². The largest absolute Gasteiger partial charge is 0.489 e. The van der Waals surface area contributed by atoms with Crippen LogP contribution in [0.15, 0.2) is 46.3 Å². The maximum absolute atomic E-state index is 6.03. The number of nitrogens with zero attached hydrogens (tertiary/aromatic N) is 3. The van der Waals surface area contributed by atoms with Crippen molar-refractivity contribution in [1.82, 2.24) is 9.55 Å². The maximum Gasteiger partial charge on any atom is 0.212 e. The number of aromatic nitrogens is 2. The lowest BCUT2D eigenvalue weighted by molar-refractivity contribution is 0.297. The highest BCUT2D eigenvalue weighted by molar-refractivity contribution is 7.98. The van der Waals surface area contributed by atoms with Gasteiger partial charge in [0.2, 0.25) is 5.95 Å². The van der Waals surface area contributed by atoms with E-state index < -0.39 is 0 Å². The van der Waals surface area contributed by atoms with Crippen LogP contribution in [0.25, 0.3) is 11.0 Å². The zero-order chi connectivity index (χ0) is 18.4. The quantitative estimate of drug-likeness (QED) is 0.663. The molecule has 0 saturated carbocycles. The van der Waals surface area contributed by atoms with Gasteiger partial charge >= 0.3 is 0 Å². The van der Waals surface area contributed by atoms with Gasteiger partial charge in [0.05, 0.1) is 24.2 Å². The highest BCUT2D eigenvalue weighted by Gasteiger charge is 2.26. The molecule has 2 aromatic carbocycles. The number of anilines is 1. The highest BCUT2D eigenvalue weighted by Crippen LogP contribution is 2.39. The number of hydrogen-bond donors (Lipinski definition) is 2. The molecule has 3 N–H and O–H groups in total. The Bertz CT molecular complexity index is 1040. The van der Waals surface area contributed by atoms with E-state index >= 15 is 0 Å². The van der Waals surface area contributed by atoms with Crippen LogP contribution < -0.4 is 20.5 Å². The summed E-state index contributed by atoms with van der Waals surface area (Å²) in [5.74, 6) is 2.48. The molecule has 5 rings (SSSR count). The first-order valence-corrected chi connectivity index (χ1v) is 10.0. The van der Waals surface area contributed by atoms with Crippen molar-refractivity contribution in [3.63, 3.8) is 0 Å². The summed E-state index contributed by atoms with van der Waals surface area (Å²) in [5.41, 5.74) is 8.82. The summed E-state index contributed by atoms with van der Waals surface area (Å²) in [7, 11) is 0. The Morgan fingerprint density at radius 3 is 2.63 bits per heavy atom. The van der Waals surface area contributed by atoms with Crippen LogP contribution >= 0.6 is 11.8 Å². The Hall–Kier alpha value is -2.87. The number of nitrogens with one attached hydrogen (secondary N) is 1. The number of fused-ring (bicyclic) bond motifs is 4. The molecule has 2 aliphatic heterocycles. The van der Waals surface area contributed by atoms with E-state index in [0.29, 0.717) is 25.1 Å². The first-order chi connectivity index (χ1) is 13.2. The van der Waals surface area contributed by atoms with E-state index in [1.807, 2.05) is 16.7 Å². The van der Waals surface area contributed by atoms with Gasteiger partial charge in [0, 0.05) is 23.4 Å². The molecule has 27 heavy (non-hydrogen) atoms. The van der Waals surface area contributed by atoms with E-state index in [9.17, 15) is 0 Å². The van der Waals surface area contributed by atoms with Gasteiger partial charge < -0.3 is 15.2 Å². The van der Waals surface area contributed by atoms with Crippen LogP contribution in [0.5, 0.6) is 11.5 Å². The number of benzene rings is 2. The van der Waals surface area contributed by atoms with E-state index in [4.69, 9.17) is 20.2 Å². The molecular formula is C19H19N5O2S. The molecule has 2 aliphatic rings. The lowest BCUT2D eigenvalue weighted by atomic mass is 10.1. The Labute approximate surface area is 160 Å². The summed E-state index contributed by atoms with van der Waals surface area (Å²) in [4.78, 5) is 10.5. The van der Waals surface area contributed by atoms with Crippen molar-refractivity contribution in [1.29, 1.82) is 0 Å². The van der Waals surface area contributed by atoms with Gasteiger partial charge in [-0.15, -0.1) is 11.8 Å². The number of guanidine groups is 1. The molecule has 1 atom stereocenters. The number of nitrogens with two attached hydrogens (primary N) is 1. The highest BCUT2D eigenvalue weighted by atomic mass is 32.2. The van der Waals surface area contributed by atoms with Gasteiger partial charge in [0.25, 0.3) is 0 Å². The van der Waals surface area contributed by atoms with Crippen LogP contribution in [-0.4, -0.2) is 35.0 Å². The molecule has 0 spiro atoms. The van der Waals surface area contributed by atoms with E-state index in [1.54, 1.807) is 11.8 Å². The lowest BCUT2D eigenvalue weighted by Gasteiger charge is -2.24. The average Bonchev–Trinajstić information content (AvgIpc) is 2.87. The zero-order valence-electron chi connectivity index (χ0n) is 14.8. The van der Waals surface area contributed by atoms with Gasteiger partial charge in [0.1, 0.15) is 0 Å².